The normalized spacial score (nSPS) is 16.4. The molecule has 25 heavy (non-hydrogen) atoms. The molecule has 0 radical (unpaired) electrons. The number of nitrogens with one attached hydrogen (secondary N) is 1. The van der Waals surface area contributed by atoms with Crippen LogP contribution in [-0.2, 0) is 24.3 Å². The molecule has 4 rings (SSSR count). The quantitative estimate of drug-likeness (QED) is 0.791. The highest BCUT2D eigenvalue weighted by atomic mass is 19.1. The zero-order chi connectivity index (χ0) is 17.2. The number of halogens is 1. The highest BCUT2D eigenvalue weighted by Crippen LogP contribution is 2.20. The minimum absolute atomic E-state index is 0.00606. The third-order valence-electron chi connectivity index (χ3n) is 4.60. The molecule has 0 fully saturated rings. The lowest BCUT2D eigenvalue weighted by molar-refractivity contribution is -0.125. The van der Waals surface area contributed by atoms with E-state index in [1.165, 1.54) is 6.07 Å². The van der Waals surface area contributed by atoms with E-state index >= 15 is 0 Å². The van der Waals surface area contributed by atoms with E-state index in [4.69, 9.17) is 0 Å². The largest absolute Gasteiger partial charge is 0.352 e. The molecule has 0 bridgehead atoms. The van der Waals surface area contributed by atoms with E-state index in [0.29, 0.717) is 18.7 Å². The van der Waals surface area contributed by atoms with Crippen molar-refractivity contribution < 1.29 is 9.18 Å². The summed E-state index contributed by atoms with van der Waals surface area (Å²) in [6, 6.07) is 4.96. The van der Waals surface area contributed by atoms with Gasteiger partial charge in [0.05, 0.1) is 18.3 Å². The number of rotatable bonds is 4. The number of aryl methyl sites for hydroxylation is 1. The van der Waals surface area contributed by atoms with Crippen molar-refractivity contribution in [3.63, 3.8) is 0 Å². The van der Waals surface area contributed by atoms with Gasteiger partial charge >= 0.3 is 0 Å². The number of carbonyl (C=O) groups excluding carboxylic acids is 1. The molecule has 7 heteroatoms. The second kappa shape index (κ2) is 6.51. The van der Waals surface area contributed by atoms with Gasteiger partial charge in [0, 0.05) is 49.7 Å². The van der Waals surface area contributed by atoms with Gasteiger partial charge in [0.25, 0.3) is 0 Å². The fourth-order valence-corrected chi connectivity index (χ4v) is 3.20. The average molecular weight is 339 g/mol. The summed E-state index contributed by atoms with van der Waals surface area (Å²) in [6.07, 6.45) is 9.94. The van der Waals surface area contributed by atoms with Gasteiger partial charge in [-0.25, -0.2) is 14.4 Å². The maximum atomic E-state index is 14.3. The number of amides is 1. The van der Waals surface area contributed by atoms with E-state index in [-0.39, 0.29) is 17.6 Å². The lowest BCUT2D eigenvalue weighted by Gasteiger charge is -2.23. The standard InChI is InChI=1S/C18H18FN5O/c19-16-7-13(1-2-17(16)24-6-4-20-11-24)9-22-18(25)14-3-5-23-12-21-10-15(23)8-14/h1-2,4,6-7,10-12,14H,3,5,8-9H2,(H,22,25). The molecule has 1 amide bonds. The first kappa shape index (κ1) is 15.6. The number of fused-ring (bicyclic) bond motifs is 1. The average Bonchev–Trinajstić information content (AvgIpc) is 3.30. The first-order chi connectivity index (χ1) is 12.2. The fraction of sp³-hybridized carbons (Fsp3) is 0.278. The predicted molar refractivity (Wildman–Crippen MR) is 89.4 cm³/mol. The number of hydrogen-bond acceptors (Lipinski definition) is 3. The zero-order valence-electron chi connectivity index (χ0n) is 13.6. The summed E-state index contributed by atoms with van der Waals surface area (Å²) in [7, 11) is 0. The van der Waals surface area contributed by atoms with Crippen molar-refractivity contribution in [1.29, 1.82) is 0 Å². The summed E-state index contributed by atoms with van der Waals surface area (Å²) in [4.78, 5) is 20.4. The number of aromatic nitrogens is 4. The van der Waals surface area contributed by atoms with E-state index in [1.807, 2.05) is 12.3 Å². The fourth-order valence-electron chi connectivity index (χ4n) is 3.20. The van der Waals surface area contributed by atoms with E-state index in [9.17, 15) is 9.18 Å². The van der Waals surface area contributed by atoms with Crippen LogP contribution in [0.15, 0.2) is 49.4 Å². The summed E-state index contributed by atoms with van der Waals surface area (Å²) < 4.78 is 17.9. The number of nitrogens with zero attached hydrogens (tertiary/aromatic N) is 4. The van der Waals surface area contributed by atoms with Gasteiger partial charge in [-0.1, -0.05) is 6.07 Å². The smallest absolute Gasteiger partial charge is 0.223 e. The van der Waals surface area contributed by atoms with Crippen LogP contribution in [0.2, 0.25) is 0 Å². The molecule has 3 heterocycles. The molecule has 6 nitrogen and oxygen atoms in total. The number of hydrogen-bond donors (Lipinski definition) is 1. The lowest BCUT2D eigenvalue weighted by atomic mass is 9.95. The molecule has 1 unspecified atom stereocenters. The van der Waals surface area contributed by atoms with Crippen LogP contribution in [0.5, 0.6) is 0 Å². The first-order valence-electron chi connectivity index (χ1n) is 8.24. The third-order valence-corrected chi connectivity index (χ3v) is 4.60. The maximum Gasteiger partial charge on any atom is 0.223 e. The Hall–Kier alpha value is -2.96. The van der Waals surface area contributed by atoms with Crippen molar-refractivity contribution in [1.82, 2.24) is 24.4 Å². The van der Waals surface area contributed by atoms with E-state index in [0.717, 1.165) is 24.2 Å². The SMILES string of the molecule is O=C(NCc1ccc(-n2ccnc2)c(F)c1)C1CCn2cncc2C1. The van der Waals surface area contributed by atoms with Gasteiger partial charge in [-0.2, -0.15) is 0 Å². The second-order valence-corrected chi connectivity index (χ2v) is 6.24. The minimum Gasteiger partial charge on any atom is -0.352 e. The molecule has 1 aliphatic rings. The van der Waals surface area contributed by atoms with Crippen molar-refractivity contribution in [2.24, 2.45) is 5.92 Å². The van der Waals surface area contributed by atoms with Gasteiger partial charge in [0.2, 0.25) is 5.91 Å². The highest BCUT2D eigenvalue weighted by molar-refractivity contribution is 5.79. The highest BCUT2D eigenvalue weighted by Gasteiger charge is 2.24. The van der Waals surface area contributed by atoms with Gasteiger partial charge < -0.3 is 14.5 Å². The predicted octanol–water partition coefficient (Wildman–Crippen LogP) is 2.09. The van der Waals surface area contributed by atoms with Crippen LogP contribution in [0.3, 0.4) is 0 Å². The molecule has 3 aromatic rings. The van der Waals surface area contributed by atoms with E-state index < -0.39 is 0 Å². The molecule has 0 aliphatic carbocycles. The first-order valence-corrected chi connectivity index (χ1v) is 8.24. The zero-order valence-corrected chi connectivity index (χ0v) is 13.6. The van der Waals surface area contributed by atoms with Crippen molar-refractivity contribution in [2.75, 3.05) is 0 Å². The van der Waals surface area contributed by atoms with Crippen LogP contribution in [0.25, 0.3) is 5.69 Å². The van der Waals surface area contributed by atoms with Gasteiger partial charge in [0.1, 0.15) is 5.82 Å². The minimum atomic E-state index is -0.341. The number of carbonyl (C=O) groups is 1. The Balaban J connectivity index is 1.38. The molecular weight excluding hydrogens is 321 g/mol. The molecule has 1 atom stereocenters. The van der Waals surface area contributed by atoms with Crippen LogP contribution in [0, 0.1) is 11.7 Å². The Kier molecular flexibility index (Phi) is 4.05. The monoisotopic (exact) mass is 339 g/mol. The second-order valence-electron chi connectivity index (χ2n) is 6.24. The molecule has 0 spiro atoms. The number of benzene rings is 1. The van der Waals surface area contributed by atoms with Gasteiger partial charge in [-0.15, -0.1) is 0 Å². The molecule has 1 aromatic carbocycles. The molecule has 0 saturated carbocycles. The molecule has 2 aromatic heterocycles. The molecule has 1 N–H and O–H groups in total. The summed E-state index contributed by atoms with van der Waals surface area (Å²) >= 11 is 0. The topological polar surface area (TPSA) is 64.7 Å². The number of imidazole rings is 2. The van der Waals surface area contributed by atoms with Crippen LogP contribution < -0.4 is 5.32 Å². The summed E-state index contributed by atoms with van der Waals surface area (Å²) in [5.74, 6) is -0.392. The van der Waals surface area contributed by atoms with Crippen molar-refractivity contribution in [3.05, 3.63) is 66.5 Å². The van der Waals surface area contributed by atoms with Gasteiger partial charge in [-0.05, 0) is 24.1 Å². The van der Waals surface area contributed by atoms with Gasteiger partial charge in [0.15, 0.2) is 0 Å². The third kappa shape index (κ3) is 3.17. The lowest BCUT2D eigenvalue weighted by Crippen LogP contribution is -2.34. The van der Waals surface area contributed by atoms with Crippen LogP contribution >= 0.6 is 0 Å². The molecule has 0 saturated heterocycles. The Morgan fingerprint density at radius 3 is 3.04 bits per heavy atom. The molecular formula is C18H18FN5O. The summed E-state index contributed by atoms with van der Waals surface area (Å²) in [6.45, 7) is 1.12. The van der Waals surface area contributed by atoms with Crippen molar-refractivity contribution >= 4 is 5.91 Å². The maximum absolute atomic E-state index is 14.3. The van der Waals surface area contributed by atoms with Crippen LogP contribution in [0.1, 0.15) is 17.7 Å². The van der Waals surface area contributed by atoms with E-state index in [2.05, 4.69) is 19.9 Å². The Morgan fingerprint density at radius 2 is 2.24 bits per heavy atom. The summed E-state index contributed by atoms with van der Waals surface area (Å²) in [5, 5.41) is 2.92. The Labute approximate surface area is 144 Å². The van der Waals surface area contributed by atoms with Crippen LogP contribution in [-0.4, -0.2) is 25.0 Å². The Morgan fingerprint density at radius 1 is 1.32 bits per heavy atom. The molecule has 1 aliphatic heterocycles. The van der Waals surface area contributed by atoms with Crippen molar-refractivity contribution in [3.8, 4) is 5.69 Å². The van der Waals surface area contributed by atoms with Crippen LogP contribution in [0.4, 0.5) is 4.39 Å². The van der Waals surface area contributed by atoms with E-state index in [1.54, 1.807) is 35.7 Å². The summed E-state index contributed by atoms with van der Waals surface area (Å²) in [5.41, 5.74) is 2.26. The molecule has 128 valence electrons. The van der Waals surface area contributed by atoms with Crippen molar-refractivity contribution in [2.45, 2.75) is 25.9 Å². The van der Waals surface area contributed by atoms with Gasteiger partial charge in [-0.3, -0.25) is 4.79 Å². The Bertz CT molecular complexity index is 887.